The number of hydrogen-bond donors (Lipinski definition) is 3. The monoisotopic (exact) mass is 202 g/mol. The van der Waals surface area contributed by atoms with E-state index in [4.69, 9.17) is 10.8 Å². The van der Waals surface area contributed by atoms with E-state index in [9.17, 15) is 9.59 Å². The summed E-state index contributed by atoms with van der Waals surface area (Å²) >= 11 is 0. The Kier molecular flexibility index (Phi) is 3.65. The molecule has 0 aliphatic heterocycles. The Bertz CT molecular complexity index is 250. The summed E-state index contributed by atoms with van der Waals surface area (Å²) in [5.41, 5.74) is 2.99. The minimum Gasteiger partial charge on any atom is -0.480 e. The second-order valence-corrected chi connectivity index (χ2v) is 4.11. The minimum absolute atomic E-state index is 0.374. The molecule has 5 nitrogen and oxygen atoms in total. The molecule has 5 heteroatoms. The molecular formula is C9H18N2O3. The maximum atomic E-state index is 11.0. The number of nitrogens with two attached hydrogens (primary N) is 1. The molecule has 0 radical (unpaired) electrons. The lowest BCUT2D eigenvalue weighted by molar-refractivity contribution is -0.145. The van der Waals surface area contributed by atoms with Crippen LogP contribution in [-0.4, -0.2) is 28.1 Å². The Morgan fingerprint density at radius 1 is 1.36 bits per heavy atom. The van der Waals surface area contributed by atoms with Crippen LogP contribution in [0.3, 0.4) is 0 Å². The van der Waals surface area contributed by atoms with E-state index in [0.29, 0.717) is 6.42 Å². The van der Waals surface area contributed by atoms with Gasteiger partial charge in [-0.3, -0.25) is 14.9 Å². The van der Waals surface area contributed by atoms with Gasteiger partial charge in [0.1, 0.15) is 5.54 Å². The van der Waals surface area contributed by atoms with Gasteiger partial charge in [-0.15, -0.1) is 0 Å². The number of hydrogen-bond acceptors (Lipinski definition) is 3. The Morgan fingerprint density at radius 2 is 1.79 bits per heavy atom. The molecule has 0 rings (SSSR count). The van der Waals surface area contributed by atoms with Crippen LogP contribution in [-0.2, 0) is 9.59 Å². The van der Waals surface area contributed by atoms with Gasteiger partial charge in [-0.1, -0.05) is 6.92 Å². The van der Waals surface area contributed by atoms with E-state index in [1.165, 1.54) is 6.92 Å². The number of primary amides is 1. The maximum absolute atomic E-state index is 11.0. The van der Waals surface area contributed by atoms with Crippen LogP contribution in [0.15, 0.2) is 0 Å². The summed E-state index contributed by atoms with van der Waals surface area (Å²) in [6.07, 6.45) is 0.374. The van der Waals surface area contributed by atoms with Crippen molar-refractivity contribution >= 4 is 11.9 Å². The molecule has 0 fully saturated rings. The highest BCUT2D eigenvalue weighted by Gasteiger charge is 2.38. The van der Waals surface area contributed by atoms with Crippen molar-refractivity contribution in [3.8, 4) is 0 Å². The number of nitrogens with one attached hydrogen (secondary N) is 1. The van der Waals surface area contributed by atoms with Crippen molar-refractivity contribution in [1.29, 1.82) is 0 Å². The molecule has 0 saturated carbocycles. The molecule has 1 unspecified atom stereocenters. The molecule has 4 N–H and O–H groups in total. The number of rotatable bonds is 5. The lowest BCUT2D eigenvalue weighted by Gasteiger charge is -2.33. The van der Waals surface area contributed by atoms with Crippen molar-refractivity contribution in [2.45, 2.75) is 45.2 Å². The van der Waals surface area contributed by atoms with Gasteiger partial charge in [-0.05, 0) is 27.2 Å². The first-order valence-corrected chi connectivity index (χ1v) is 4.48. The van der Waals surface area contributed by atoms with Crippen LogP contribution in [0.2, 0.25) is 0 Å². The number of carboxylic acid groups (broad SMARTS) is 1. The van der Waals surface area contributed by atoms with E-state index in [2.05, 4.69) is 5.32 Å². The lowest BCUT2D eigenvalue weighted by Crippen LogP contribution is -2.62. The predicted octanol–water partition coefficient (Wildman–Crippen LogP) is 0.0932. The molecule has 0 aliphatic rings. The van der Waals surface area contributed by atoms with Gasteiger partial charge in [0, 0.05) is 0 Å². The third-order valence-corrected chi connectivity index (χ3v) is 2.38. The van der Waals surface area contributed by atoms with Crippen molar-refractivity contribution in [1.82, 2.24) is 5.32 Å². The van der Waals surface area contributed by atoms with Crippen LogP contribution in [0.25, 0.3) is 0 Å². The largest absolute Gasteiger partial charge is 0.480 e. The van der Waals surface area contributed by atoms with Gasteiger partial charge < -0.3 is 10.8 Å². The molecule has 0 saturated heterocycles. The highest BCUT2D eigenvalue weighted by Crippen LogP contribution is 2.15. The van der Waals surface area contributed by atoms with E-state index in [0.717, 1.165) is 0 Å². The number of carbonyl (C=O) groups excluding carboxylic acids is 1. The summed E-state index contributed by atoms with van der Waals surface area (Å²) in [7, 11) is 0. The van der Waals surface area contributed by atoms with E-state index in [1.54, 1.807) is 20.8 Å². The molecule has 0 bridgehead atoms. The van der Waals surface area contributed by atoms with Crippen LogP contribution in [0.4, 0.5) is 0 Å². The van der Waals surface area contributed by atoms with E-state index in [1.807, 2.05) is 0 Å². The van der Waals surface area contributed by atoms with E-state index >= 15 is 0 Å². The van der Waals surface area contributed by atoms with Crippen molar-refractivity contribution in [3.63, 3.8) is 0 Å². The summed E-state index contributed by atoms with van der Waals surface area (Å²) in [5, 5.41) is 11.7. The van der Waals surface area contributed by atoms with Crippen LogP contribution < -0.4 is 11.1 Å². The first-order valence-electron chi connectivity index (χ1n) is 4.48. The average Bonchev–Trinajstić information content (AvgIpc) is 2.02. The second kappa shape index (κ2) is 3.96. The highest BCUT2D eigenvalue weighted by molar-refractivity contribution is 5.86. The Hall–Kier alpha value is -1.10. The summed E-state index contributed by atoms with van der Waals surface area (Å²) in [6, 6.07) is 0. The standard InChI is InChI=1S/C9H18N2O3/c1-5-9(4,7(13)14)11-8(2,3)6(10)12/h11H,5H2,1-4H3,(H2,10,12)(H,13,14). The van der Waals surface area contributed by atoms with Crippen LogP contribution in [0.1, 0.15) is 34.1 Å². The Balaban J connectivity index is 4.79. The predicted molar refractivity (Wildman–Crippen MR) is 52.7 cm³/mol. The highest BCUT2D eigenvalue weighted by atomic mass is 16.4. The fraction of sp³-hybridized carbons (Fsp3) is 0.778. The second-order valence-electron chi connectivity index (χ2n) is 4.11. The van der Waals surface area contributed by atoms with Crippen molar-refractivity contribution in [3.05, 3.63) is 0 Å². The molecule has 0 aromatic heterocycles. The van der Waals surface area contributed by atoms with Gasteiger partial charge in [0.25, 0.3) is 0 Å². The fourth-order valence-corrected chi connectivity index (χ4v) is 1.04. The molecular weight excluding hydrogens is 184 g/mol. The van der Waals surface area contributed by atoms with Crippen LogP contribution in [0.5, 0.6) is 0 Å². The van der Waals surface area contributed by atoms with Gasteiger partial charge in [-0.2, -0.15) is 0 Å². The zero-order valence-corrected chi connectivity index (χ0v) is 9.05. The zero-order chi connectivity index (χ0) is 11.6. The number of carbonyl (C=O) groups is 2. The summed E-state index contributed by atoms with van der Waals surface area (Å²) in [6.45, 7) is 6.39. The zero-order valence-electron chi connectivity index (χ0n) is 9.05. The molecule has 1 amide bonds. The van der Waals surface area contributed by atoms with Gasteiger partial charge >= 0.3 is 5.97 Å². The number of carboxylic acids is 1. The Morgan fingerprint density at radius 3 is 2.00 bits per heavy atom. The van der Waals surface area contributed by atoms with Crippen LogP contribution >= 0.6 is 0 Å². The normalized spacial score (nSPS) is 16.0. The molecule has 0 aromatic rings. The third kappa shape index (κ3) is 2.70. The maximum Gasteiger partial charge on any atom is 0.323 e. The smallest absolute Gasteiger partial charge is 0.323 e. The van der Waals surface area contributed by atoms with Crippen molar-refractivity contribution in [2.75, 3.05) is 0 Å². The molecule has 1 atom stereocenters. The third-order valence-electron chi connectivity index (χ3n) is 2.38. The van der Waals surface area contributed by atoms with Gasteiger partial charge in [0.05, 0.1) is 5.54 Å². The fourth-order valence-electron chi connectivity index (χ4n) is 1.04. The molecule has 82 valence electrons. The lowest BCUT2D eigenvalue weighted by atomic mass is 9.93. The first-order chi connectivity index (χ1) is 6.15. The number of aliphatic carboxylic acids is 1. The van der Waals surface area contributed by atoms with Gasteiger partial charge in [0.15, 0.2) is 0 Å². The average molecular weight is 202 g/mol. The topological polar surface area (TPSA) is 92.4 Å². The molecule has 0 aromatic carbocycles. The minimum atomic E-state index is -1.13. The quantitative estimate of drug-likeness (QED) is 0.589. The van der Waals surface area contributed by atoms with Crippen molar-refractivity contribution < 1.29 is 14.7 Å². The van der Waals surface area contributed by atoms with Gasteiger partial charge in [-0.25, -0.2) is 0 Å². The summed E-state index contributed by atoms with van der Waals surface area (Å²) in [4.78, 5) is 21.9. The van der Waals surface area contributed by atoms with Crippen molar-refractivity contribution in [2.24, 2.45) is 5.73 Å². The molecule has 14 heavy (non-hydrogen) atoms. The molecule has 0 aliphatic carbocycles. The summed E-state index contributed by atoms with van der Waals surface area (Å²) in [5.74, 6) is -1.56. The number of amides is 1. The van der Waals surface area contributed by atoms with Gasteiger partial charge in [0.2, 0.25) is 5.91 Å². The molecule has 0 spiro atoms. The summed E-state index contributed by atoms with van der Waals surface area (Å²) < 4.78 is 0. The molecule has 0 heterocycles. The van der Waals surface area contributed by atoms with Crippen LogP contribution in [0, 0.1) is 0 Å². The van der Waals surface area contributed by atoms with E-state index in [-0.39, 0.29) is 0 Å². The first kappa shape index (κ1) is 12.9. The Labute approximate surface area is 83.7 Å². The SMILES string of the molecule is CCC(C)(NC(C)(C)C(N)=O)C(=O)O. The van der Waals surface area contributed by atoms with E-state index < -0.39 is 23.0 Å².